The van der Waals surface area contributed by atoms with Crippen LogP contribution in [-0.4, -0.2) is 34.0 Å². The molecule has 0 aromatic heterocycles. The van der Waals surface area contributed by atoms with Crippen LogP contribution >= 0.6 is 0 Å². The van der Waals surface area contributed by atoms with Crippen molar-refractivity contribution in [2.75, 3.05) is 7.11 Å². The van der Waals surface area contributed by atoms with E-state index in [1.807, 2.05) is 72.8 Å². The molecule has 0 aliphatic rings. The Bertz CT molecular complexity index is 2010. The van der Waals surface area contributed by atoms with Crippen molar-refractivity contribution in [1.29, 1.82) is 0 Å². The van der Waals surface area contributed by atoms with Crippen molar-refractivity contribution in [3.63, 3.8) is 0 Å². The summed E-state index contributed by atoms with van der Waals surface area (Å²) in [7, 11) is 1.38. The van der Waals surface area contributed by atoms with E-state index in [1.54, 1.807) is 36.4 Å². The molecule has 0 fully saturated rings. The maximum atomic E-state index is 13.2. The monoisotopic (exact) mass is 712 g/mol. The minimum atomic E-state index is -0.927. The molecular formula is C45H42F2N2O4. The van der Waals surface area contributed by atoms with E-state index < -0.39 is 5.97 Å². The number of carboxylic acids is 1. The van der Waals surface area contributed by atoms with Crippen molar-refractivity contribution in [1.82, 2.24) is 9.80 Å². The van der Waals surface area contributed by atoms with Crippen LogP contribution in [0, 0.1) is 11.6 Å². The normalized spacial score (nSPS) is 10.8. The Morgan fingerprint density at radius 1 is 0.453 bits per heavy atom. The molecule has 6 rings (SSSR count). The van der Waals surface area contributed by atoms with Gasteiger partial charge >= 0.3 is 11.9 Å². The van der Waals surface area contributed by atoms with Crippen LogP contribution in [0.4, 0.5) is 8.78 Å². The lowest BCUT2D eigenvalue weighted by Crippen LogP contribution is -2.22. The topological polar surface area (TPSA) is 70.1 Å². The Balaban J connectivity index is 0.000000204. The lowest BCUT2D eigenvalue weighted by atomic mass is 10.1. The summed E-state index contributed by atoms with van der Waals surface area (Å²) in [5, 5.41) is 9.03. The van der Waals surface area contributed by atoms with Crippen molar-refractivity contribution < 1.29 is 28.2 Å². The molecule has 6 nitrogen and oxygen atoms in total. The summed E-state index contributed by atoms with van der Waals surface area (Å²) >= 11 is 0. The first-order chi connectivity index (χ1) is 25.7. The zero-order valence-electron chi connectivity index (χ0n) is 29.6. The van der Waals surface area contributed by atoms with Crippen LogP contribution in [0.25, 0.3) is 0 Å². The summed E-state index contributed by atoms with van der Waals surface area (Å²) in [6, 6.07) is 47.9. The lowest BCUT2D eigenvalue weighted by Gasteiger charge is -2.23. The fourth-order valence-electron chi connectivity index (χ4n) is 5.85. The number of nitrogens with zero attached hydrogens (tertiary/aromatic N) is 2. The smallest absolute Gasteiger partial charge is 0.337 e. The van der Waals surface area contributed by atoms with Crippen molar-refractivity contribution >= 4 is 11.9 Å². The van der Waals surface area contributed by atoms with Crippen molar-refractivity contribution in [2.24, 2.45) is 0 Å². The summed E-state index contributed by atoms with van der Waals surface area (Å²) in [5.74, 6) is -1.74. The number of aromatic carboxylic acids is 1. The number of carbonyl (C=O) groups excluding carboxylic acids is 1. The van der Waals surface area contributed by atoms with E-state index in [2.05, 4.69) is 34.1 Å². The number of ether oxygens (including phenoxy) is 1. The molecule has 1 N–H and O–H groups in total. The van der Waals surface area contributed by atoms with E-state index in [1.165, 1.54) is 42.5 Å². The third-order valence-electron chi connectivity index (χ3n) is 8.53. The number of hydrogen-bond acceptors (Lipinski definition) is 5. The molecule has 6 aromatic rings. The molecule has 8 heteroatoms. The van der Waals surface area contributed by atoms with Gasteiger partial charge in [0.15, 0.2) is 0 Å². The second-order valence-corrected chi connectivity index (χ2v) is 12.7. The van der Waals surface area contributed by atoms with Gasteiger partial charge in [0.1, 0.15) is 11.6 Å². The van der Waals surface area contributed by atoms with E-state index in [0.29, 0.717) is 31.7 Å². The van der Waals surface area contributed by atoms with E-state index in [0.717, 1.165) is 35.3 Å². The van der Waals surface area contributed by atoms with Gasteiger partial charge in [-0.05, 0) is 81.9 Å². The summed E-state index contributed by atoms with van der Waals surface area (Å²) in [6.07, 6.45) is 0. The van der Waals surface area contributed by atoms with Gasteiger partial charge in [0.25, 0.3) is 0 Å². The van der Waals surface area contributed by atoms with Crippen LogP contribution < -0.4 is 0 Å². The quantitative estimate of drug-likeness (QED) is 0.114. The number of carbonyl (C=O) groups is 2. The maximum Gasteiger partial charge on any atom is 0.337 e. The van der Waals surface area contributed by atoms with Crippen molar-refractivity contribution in [3.05, 3.63) is 214 Å². The first-order valence-corrected chi connectivity index (χ1v) is 17.2. The van der Waals surface area contributed by atoms with E-state index in [-0.39, 0.29) is 23.2 Å². The highest BCUT2D eigenvalue weighted by Crippen LogP contribution is 2.17. The van der Waals surface area contributed by atoms with Crippen molar-refractivity contribution in [2.45, 2.75) is 39.3 Å². The van der Waals surface area contributed by atoms with Gasteiger partial charge in [0.2, 0.25) is 0 Å². The number of halogens is 2. The minimum absolute atomic E-state index is 0.230. The third kappa shape index (κ3) is 12.6. The van der Waals surface area contributed by atoms with Gasteiger partial charge < -0.3 is 9.84 Å². The fourth-order valence-corrected chi connectivity index (χ4v) is 5.85. The standard InChI is InChI=1S/C23H22FNO2.C22H20FNO2/c1-27-23(26)21-11-7-19(8-12-21)16-25(15-18-5-3-2-4-6-18)17-20-9-13-22(24)14-10-20;23-21-12-8-19(9-13-21)16-24(14-17-4-2-1-3-5-17)15-18-6-10-20(11-7-18)22(25)26/h2-14H,15-17H2,1H3;1-13H,14-16H2,(H,25,26). The first-order valence-electron chi connectivity index (χ1n) is 17.2. The van der Waals surface area contributed by atoms with Crippen LogP contribution in [0.5, 0.6) is 0 Å². The molecule has 6 aromatic carbocycles. The predicted octanol–water partition coefficient (Wildman–Crippen LogP) is 9.54. The largest absolute Gasteiger partial charge is 0.478 e. The highest BCUT2D eigenvalue weighted by Gasteiger charge is 2.12. The Labute approximate surface area is 309 Å². The van der Waals surface area contributed by atoms with Gasteiger partial charge in [-0.15, -0.1) is 0 Å². The van der Waals surface area contributed by atoms with E-state index in [4.69, 9.17) is 9.84 Å². The number of benzene rings is 6. The molecular weight excluding hydrogens is 671 g/mol. The molecule has 270 valence electrons. The summed E-state index contributed by atoms with van der Waals surface area (Å²) in [6.45, 7) is 4.29. The number of esters is 1. The first kappa shape index (κ1) is 38.3. The number of carboxylic acid groups (broad SMARTS) is 1. The molecule has 0 unspecified atom stereocenters. The van der Waals surface area contributed by atoms with Gasteiger partial charge in [-0.3, -0.25) is 9.80 Å². The Kier molecular flexibility index (Phi) is 14.2. The molecule has 0 bridgehead atoms. The highest BCUT2D eigenvalue weighted by molar-refractivity contribution is 5.89. The minimum Gasteiger partial charge on any atom is -0.478 e. The van der Waals surface area contributed by atoms with Gasteiger partial charge in [0, 0.05) is 39.3 Å². The number of rotatable bonds is 14. The molecule has 0 aliphatic carbocycles. The van der Waals surface area contributed by atoms with Gasteiger partial charge in [0.05, 0.1) is 18.2 Å². The zero-order chi connectivity index (χ0) is 37.4. The summed E-state index contributed by atoms with van der Waals surface area (Å²) in [5.41, 5.74) is 7.44. The van der Waals surface area contributed by atoms with Crippen LogP contribution in [-0.2, 0) is 44.0 Å². The van der Waals surface area contributed by atoms with Crippen LogP contribution in [0.2, 0.25) is 0 Å². The third-order valence-corrected chi connectivity index (χ3v) is 8.53. The maximum absolute atomic E-state index is 13.2. The van der Waals surface area contributed by atoms with Gasteiger partial charge in [-0.1, -0.05) is 109 Å². The molecule has 0 amide bonds. The Hall–Kier alpha value is -5.96. The average molecular weight is 713 g/mol. The molecule has 0 atom stereocenters. The highest BCUT2D eigenvalue weighted by atomic mass is 19.1. The molecule has 0 aliphatic heterocycles. The van der Waals surface area contributed by atoms with Gasteiger partial charge in [-0.2, -0.15) is 0 Å². The lowest BCUT2D eigenvalue weighted by molar-refractivity contribution is 0.0599. The molecule has 0 saturated carbocycles. The molecule has 0 saturated heterocycles. The Morgan fingerprint density at radius 2 is 0.736 bits per heavy atom. The zero-order valence-corrected chi connectivity index (χ0v) is 29.6. The van der Waals surface area contributed by atoms with Crippen LogP contribution in [0.15, 0.2) is 158 Å². The average Bonchev–Trinajstić information content (AvgIpc) is 3.18. The Morgan fingerprint density at radius 3 is 1.04 bits per heavy atom. The molecule has 0 spiro atoms. The molecule has 0 radical (unpaired) electrons. The van der Waals surface area contributed by atoms with Crippen molar-refractivity contribution in [3.8, 4) is 0 Å². The summed E-state index contributed by atoms with van der Waals surface area (Å²) in [4.78, 5) is 27.1. The molecule has 53 heavy (non-hydrogen) atoms. The summed E-state index contributed by atoms with van der Waals surface area (Å²) < 4.78 is 31.1. The predicted molar refractivity (Wildman–Crippen MR) is 203 cm³/mol. The number of methoxy groups -OCH3 is 1. The second-order valence-electron chi connectivity index (χ2n) is 12.7. The van der Waals surface area contributed by atoms with Gasteiger partial charge in [-0.25, -0.2) is 18.4 Å². The number of hydrogen-bond donors (Lipinski definition) is 1. The SMILES string of the molecule is COC(=O)c1ccc(CN(Cc2ccccc2)Cc2ccc(F)cc2)cc1.O=C(O)c1ccc(CN(Cc2ccccc2)Cc2ccc(F)cc2)cc1. The van der Waals surface area contributed by atoms with E-state index >= 15 is 0 Å². The molecule has 0 heterocycles. The van der Waals surface area contributed by atoms with Crippen LogP contribution in [0.3, 0.4) is 0 Å². The second kappa shape index (κ2) is 19.6. The van der Waals surface area contributed by atoms with Crippen LogP contribution in [0.1, 0.15) is 54.1 Å². The fraction of sp³-hybridized carbons (Fsp3) is 0.156. The van der Waals surface area contributed by atoms with E-state index in [9.17, 15) is 18.4 Å².